The number of nitrogens with one attached hydrogen (secondary N) is 2. The minimum absolute atomic E-state index is 0.0181. The zero-order chi connectivity index (χ0) is 20.1. The highest BCUT2D eigenvalue weighted by atomic mass is 19.3. The highest BCUT2D eigenvalue weighted by molar-refractivity contribution is 6.04. The van der Waals surface area contributed by atoms with Gasteiger partial charge in [-0.25, -0.2) is 18.3 Å². The molecule has 2 unspecified atom stereocenters. The average Bonchev–Trinajstić information content (AvgIpc) is 3.37. The Hall–Kier alpha value is -3.08. The second-order valence-corrected chi connectivity index (χ2v) is 7.51. The topological polar surface area (TPSA) is 92.4 Å². The number of alkyl halides is 2. The number of halogens is 2. The smallest absolute Gasteiger partial charge is 0.284 e. The highest BCUT2D eigenvalue weighted by Crippen LogP contribution is 2.26. The van der Waals surface area contributed by atoms with Crippen molar-refractivity contribution < 1.29 is 13.6 Å². The fourth-order valence-corrected chi connectivity index (χ4v) is 4.12. The second-order valence-electron chi connectivity index (χ2n) is 7.51. The summed E-state index contributed by atoms with van der Waals surface area (Å²) < 4.78 is 29.0. The Kier molecular flexibility index (Phi) is 4.19. The molecule has 2 aliphatic heterocycles. The molecule has 0 aliphatic carbocycles. The molecule has 2 aliphatic rings. The quantitative estimate of drug-likeness (QED) is 0.689. The van der Waals surface area contributed by atoms with Gasteiger partial charge >= 0.3 is 0 Å². The van der Waals surface area contributed by atoms with Crippen molar-refractivity contribution in [1.29, 1.82) is 0 Å². The summed E-state index contributed by atoms with van der Waals surface area (Å²) in [5.74, 6) is 0.0146. The standard InChI is InChI=1S/C18H20F2N8O/c1-26-9-13(15(24-26)16(19)20)23-17(29)14-5-4-12-6-21-18(25-28(12)14)27-7-10-2-3-11(8-27)22-10/h4-6,9-11,16,22H,2-3,7-8H2,1H3,(H,23,29). The van der Waals surface area contributed by atoms with Gasteiger partial charge in [-0.3, -0.25) is 9.48 Å². The van der Waals surface area contributed by atoms with Gasteiger partial charge in [0, 0.05) is 38.4 Å². The van der Waals surface area contributed by atoms with Crippen molar-refractivity contribution in [2.24, 2.45) is 7.05 Å². The maximum absolute atomic E-state index is 13.2. The van der Waals surface area contributed by atoms with Gasteiger partial charge < -0.3 is 15.5 Å². The third kappa shape index (κ3) is 3.20. The minimum Gasteiger partial charge on any atom is -0.336 e. The van der Waals surface area contributed by atoms with Crippen molar-refractivity contribution >= 4 is 23.1 Å². The highest BCUT2D eigenvalue weighted by Gasteiger charge is 2.33. The molecule has 5 heterocycles. The second kappa shape index (κ2) is 6.76. The van der Waals surface area contributed by atoms with Gasteiger partial charge in [0.25, 0.3) is 12.3 Å². The van der Waals surface area contributed by atoms with Crippen molar-refractivity contribution in [1.82, 2.24) is 29.7 Å². The minimum atomic E-state index is -2.78. The third-order valence-electron chi connectivity index (χ3n) is 5.43. The molecular weight excluding hydrogens is 382 g/mol. The lowest BCUT2D eigenvalue weighted by Gasteiger charge is -2.32. The largest absolute Gasteiger partial charge is 0.336 e. The Morgan fingerprint density at radius 2 is 2.00 bits per heavy atom. The number of aromatic nitrogens is 5. The van der Waals surface area contributed by atoms with Crippen LogP contribution in [0, 0.1) is 0 Å². The molecule has 9 nitrogen and oxygen atoms in total. The van der Waals surface area contributed by atoms with Crippen LogP contribution in [-0.4, -0.2) is 55.5 Å². The molecule has 29 heavy (non-hydrogen) atoms. The first-order valence-corrected chi connectivity index (χ1v) is 9.47. The summed E-state index contributed by atoms with van der Waals surface area (Å²) in [5.41, 5.74) is 0.409. The number of carbonyl (C=O) groups is 1. The van der Waals surface area contributed by atoms with Crippen LogP contribution in [0.3, 0.4) is 0 Å². The van der Waals surface area contributed by atoms with Gasteiger partial charge in [-0.05, 0) is 25.0 Å². The fraction of sp³-hybridized carbons (Fsp3) is 0.444. The van der Waals surface area contributed by atoms with E-state index in [4.69, 9.17) is 0 Å². The first-order valence-electron chi connectivity index (χ1n) is 9.47. The summed E-state index contributed by atoms with van der Waals surface area (Å²) in [6, 6.07) is 4.18. The Balaban J connectivity index is 1.44. The SMILES string of the molecule is Cn1cc(NC(=O)c2ccc3cnc(N4CC5CCC(C4)N5)nn23)c(C(F)F)n1. The molecule has 3 aromatic heterocycles. The van der Waals surface area contributed by atoms with E-state index in [0.717, 1.165) is 25.9 Å². The summed E-state index contributed by atoms with van der Waals surface area (Å²) in [6.45, 7) is 1.64. The fourth-order valence-electron chi connectivity index (χ4n) is 4.12. The first-order chi connectivity index (χ1) is 14.0. The molecule has 2 bridgehead atoms. The third-order valence-corrected chi connectivity index (χ3v) is 5.43. The van der Waals surface area contributed by atoms with E-state index >= 15 is 0 Å². The van der Waals surface area contributed by atoms with Crippen molar-refractivity contribution in [2.45, 2.75) is 31.4 Å². The van der Waals surface area contributed by atoms with Gasteiger partial charge in [-0.15, -0.1) is 5.10 Å². The summed E-state index contributed by atoms with van der Waals surface area (Å²) in [6.07, 6.45) is 2.51. The van der Waals surface area contributed by atoms with Crippen LogP contribution >= 0.6 is 0 Å². The molecule has 152 valence electrons. The molecule has 0 aromatic carbocycles. The molecule has 0 spiro atoms. The number of aryl methyl sites for hydroxylation is 1. The lowest BCUT2D eigenvalue weighted by Crippen LogP contribution is -2.51. The van der Waals surface area contributed by atoms with Crippen LogP contribution < -0.4 is 15.5 Å². The van der Waals surface area contributed by atoms with Crippen LogP contribution in [0.25, 0.3) is 5.52 Å². The van der Waals surface area contributed by atoms with Crippen molar-refractivity contribution in [3.8, 4) is 0 Å². The number of hydrogen-bond acceptors (Lipinski definition) is 6. The van der Waals surface area contributed by atoms with E-state index < -0.39 is 18.0 Å². The van der Waals surface area contributed by atoms with Crippen LogP contribution in [0.5, 0.6) is 0 Å². The van der Waals surface area contributed by atoms with Gasteiger partial charge in [0.1, 0.15) is 5.69 Å². The van der Waals surface area contributed by atoms with Crippen LogP contribution in [-0.2, 0) is 7.05 Å². The summed E-state index contributed by atoms with van der Waals surface area (Å²) in [4.78, 5) is 19.3. The molecule has 2 atom stereocenters. The van der Waals surface area contributed by atoms with Crippen LogP contribution in [0.1, 0.15) is 35.4 Å². The van der Waals surface area contributed by atoms with Crippen LogP contribution in [0.15, 0.2) is 24.5 Å². The number of nitrogens with zero attached hydrogens (tertiary/aromatic N) is 6. The van der Waals surface area contributed by atoms with Crippen LogP contribution in [0.4, 0.5) is 20.4 Å². The lowest BCUT2D eigenvalue weighted by molar-refractivity contribution is 0.101. The number of carbonyl (C=O) groups excluding carboxylic acids is 1. The number of piperazine rings is 1. The maximum Gasteiger partial charge on any atom is 0.284 e. The molecule has 1 amide bonds. The van der Waals surface area contributed by atoms with Gasteiger partial charge in [0.15, 0.2) is 5.69 Å². The van der Waals surface area contributed by atoms with Crippen molar-refractivity contribution in [3.05, 3.63) is 35.9 Å². The van der Waals surface area contributed by atoms with Gasteiger partial charge in [0.05, 0.1) is 17.4 Å². The Morgan fingerprint density at radius 3 is 2.72 bits per heavy atom. The molecule has 5 rings (SSSR count). The van der Waals surface area contributed by atoms with Gasteiger partial charge in [-0.1, -0.05) is 0 Å². The molecule has 3 aromatic rings. The number of rotatable bonds is 4. The predicted molar refractivity (Wildman–Crippen MR) is 101 cm³/mol. The number of fused-ring (bicyclic) bond motifs is 3. The van der Waals surface area contributed by atoms with E-state index in [9.17, 15) is 13.6 Å². The molecule has 0 saturated carbocycles. The molecule has 11 heteroatoms. The summed E-state index contributed by atoms with van der Waals surface area (Å²) in [7, 11) is 1.52. The Bertz CT molecular complexity index is 1070. The van der Waals surface area contributed by atoms with E-state index in [2.05, 4.69) is 30.7 Å². The van der Waals surface area contributed by atoms with E-state index in [1.54, 1.807) is 18.3 Å². The zero-order valence-corrected chi connectivity index (χ0v) is 15.7. The molecule has 2 fully saturated rings. The molecule has 0 radical (unpaired) electrons. The maximum atomic E-state index is 13.2. The molecule has 2 N–H and O–H groups in total. The summed E-state index contributed by atoms with van der Waals surface area (Å²) in [5, 5.41) is 14.3. The summed E-state index contributed by atoms with van der Waals surface area (Å²) >= 11 is 0. The average molecular weight is 402 g/mol. The van der Waals surface area contributed by atoms with Gasteiger partial charge in [-0.2, -0.15) is 5.10 Å². The zero-order valence-electron chi connectivity index (χ0n) is 15.7. The number of anilines is 2. The lowest BCUT2D eigenvalue weighted by atomic mass is 10.2. The monoisotopic (exact) mass is 402 g/mol. The normalized spacial score (nSPS) is 21.3. The Morgan fingerprint density at radius 1 is 1.24 bits per heavy atom. The first kappa shape index (κ1) is 18.0. The van der Waals surface area contributed by atoms with Gasteiger partial charge in [0.2, 0.25) is 5.95 Å². The van der Waals surface area contributed by atoms with E-state index in [1.807, 2.05) is 0 Å². The van der Waals surface area contributed by atoms with Crippen molar-refractivity contribution in [2.75, 3.05) is 23.3 Å². The molecular formula is C18H20F2N8O. The van der Waals surface area contributed by atoms with E-state index in [-0.39, 0.29) is 11.4 Å². The number of hydrogen-bond donors (Lipinski definition) is 2. The number of amides is 1. The van der Waals surface area contributed by atoms with E-state index in [1.165, 1.54) is 22.4 Å². The van der Waals surface area contributed by atoms with Crippen LogP contribution in [0.2, 0.25) is 0 Å². The molecule has 2 saturated heterocycles. The van der Waals surface area contributed by atoms with E-state index in [0.29, 0.717) is 23.5 Å². The Labute approximate surface area is 164 Å². The van der Waals surface area contributed by atoms with Crippen molar-refractivity contribution in [3.63, 3.8) is 0 Å². The predicted octanol–water partition coefficient (Wildman–Crippen LogP) is 1.59.